The van der Waals surface area contributed by atoms with Gasteiger partial charge in [-0.2, -0.15) is 9.97 Å². The summed E-state index contributed by atoms with van der Waals surface area (Å²) in [5.74, 6) is 0.243. The van der Waals surface area contributed by atoms with E-state index in [1.54, 1.807) is 12.3 Å². The first kappa shape index (κ1) is 47.5. The molecule has 0 amide bonds. The van der Waals surface area contributed by atoms with Gasteiger partial charge in [0.05, 0.1) is 28.1 Å². The zero-order valence-corrected chi connectivity index (χ0v) is 41.1. The summed E-state index contributed by atoms with van der Waals surface area (Å²) in [6.07, 6.45) is 7.11. The summed E-state index contributed by atoms with van der Waals surface area (Å²) in [6.45, 7) is 18.3. The second-order valence-corrected chi connectivity index (χ2v) is 25.5. The van der Waals surface area contributed by atoms with Gasteiger partial charge in [0, 0.05) is 49.4 Å². The molecule has 0 bridgehead atoms. The molecule has 5 aromatic rings. The predicted molar refractivity (Wildman–Crippen MR) is 258 cm³/mol. The van der Waals surface area contributed by atoms with Crippen molar-refractivity contribution in [3.05, 3.63) is 82.0 Å². The number of carbonyl (C=O) groups excluding carboxylic acids is 1. The predicted octanol–water partition coefficient (Wildman–Crippen LogP) is 11.5. The molecule has 14 nitrogen and oxygen atoms in total. The average molecular weight is 953 g/mol. The number of aryl methyl sites for hydroxylation is 1. The Morgan fingerprint density at radius 2 is 1.69 bits per heavy atom. The number of ether oxygens (including phenoxy) is 4. The van der Waals surface area contributed by atoms with E-state index in [1.165, 1.54) is 30.3 Å². The molecule has 9 rings (SSSR count). The van der Waals surface area contributed by atoms with Gasteiger partial charge in [0.15, 0.2) is 5.82 Å². The zero-order valence-electron chi connectivity index (χ0n) is 40.1. The van der Waals surface area contributed by atoms with Gasteiger partial charge >= 0.3 is 12.2 Å². The third-order valence-corrected chi connectivity index (χ3v) is 21.4. The van der Waals surface area contributed by atoms with Crippen LogP contribution in [-0.4, -0.2) is 95.9 Å². The maximum absolute atomic E-state index is 17.9. The summed E-state index contributed by atoms with van der Waals surface area (Å²) in [4.78, 5) is 42.4. The van der Waals surface area contributed by atoms with Crippen LogP contribution in [0, 0.1) is 21.7 Å². The molecule has 4 aliphatic rings. The van der Waals surface area contributed by atoms with Crippen LogP contribution in [0.4, 0.5) is 25.1 Å². The smallest absolute Gasteiger partial charge is 0.513 e. The lowest BCUT2D eigenvalue weighted by Crippen LogP contribution is -2.56. The number of nitro benzene ring substituents is 1. The van der Waals surface area contributed by atoms with E-state index in [0.29, 0.717) is 59.6 Å². The van der Waals surface area contributed by atoms with Crippen LogP contribution in [0.5, 0.6) is 17.5 Å². The lowest BCUT2D eigenvalue weighted by atomic mass is 9.86. The molecule has 2 aromatic heterocycles. The third-order valence-electron chi connectivity index (χ3n) is 15.3. The highest BCUT2D eigenvalue weighted by Crippen LogP contribution is 2.47. The Hall–Kier alpha value is -5.52. The van der Waals surface area contributed by atoms with Crippen LogP contribution in [0.2, 0.25) is 16.6 Å². The van der Waals surface area contributed by atoms with Crippen LogP contribution < -0.4 is 18.8 Å². The van der Waals surface area contributed by atoms with E-state index in [-0.39, 0.29) is 76.0 Å². The molecule has 1 spiro atoms. The Labute approximate surface area is 397 Å². The number of pyridine rings is 1. The summed E-state index contributed by atoms with van der Waals surface area (Å²) in [5, 5.41) is 12.8. The van der Waals surface area contributed by atoms with Gasteiger partial charge in [0.25, 0.3) is 14.0 Å². The molecule has 0 aliphatic carbocycles. The number of carbonyl (C=O) groups is 1. The highest BCUT2D eigenvalue weighted by molar-refractivity contribution is 6.78. The van der Waals surface area contributed by atoms with Crippen LogP contribution in [0.1, 0.15) is 99.0 Å². The van der Waals surface area contributed by atoms with Crippen LogP contribution >= 0.6 is 0 Å². The van der Waals surface area contributed by atoms with Crippen molar-refractivity contribution in [2.24, 2.45) is 0 Å². The number of piperidine rings is 1. The van der Waals surface area contributed by atoms with Crippen molar-refractivity contribution in [2.45, 2.75) is 134 Å². The third kappa shape index (κ3) is 8.63. The molecule has 3 aromatic carbocycles. The maximum atomic E-state index is 17.9. The second kappa shape index (κ2) is 18.8. The molecule has 0 radical (unpaired) electrons. The number of fused-ring (bicyclic) bond motifs is 3. The van der Waals surface area contributed by atoms with Crippen molar-refractivity contribution in [3.8, 4) is 28.8 Å². The number of aromatic nitrogens is 3. The van der Waals surface area contributed by atoms with Crippen molar-refractivity contribution in [1.29, 1.82) is 0 Å². The van der Waals surface area contributed by atoms with E-state index in [1.807, 2.05) is 19.1 Å². The molecule has 362 valence electrons. The van der Waals surface area contributed by atoms with Gasteiger partial charge in [0.2, 0.25) is 0 Å². The van der Waals surface area contributed by atoms with Crippen molar-refractivity contribution >= 4 is 47.7 Å². The number of nitrogens with zero attached hydrogens (tertiary/aromatic N) is 6. The molecule has 4 saturated heterocycles. The minimum atomic E-state index is -2.47. The summed E-state index contributed by atoms with van der Waals surface area (Å²) >= 11 is 0. The fourth-order valence-electron chi connectivity index (χ4n) is 12.1. The summed E-state index contributed by atoms with van der Waals surface area (Å²) in [6, 6.07) is 12.2. The van der Waals surface area contributed by atoms with Gasteiger partial charge in [-0.15, -0.1) is 0 Å². The first-order chi connectivity index (χ1) is 32.6. The van der Waals surface area contributed by atoms with Gasteiger partial charge in [-0.3, -0.25) is 20.0 Å². The molecule has 0 saturated carbocycles. The van der Waals surface area contributed by atoms with Crippen LogP contribution in [0.25, 0.3) is 32.9 Å². The maximum Gasteiger partial charge on any atom is 0.513 e. The van der Waals surface area contributed by atoms with E-state index in [4.69, 9.17) is 38.3 Å². The van der Waals surface area contributed by atoms with E-state index in [0.717, 1.165) is 56.9 Å². The Kier molecular flexibility index (Phi) is 13.1. The minimum Gasteiger partial charge on any atom is -0.543 e. The monoisotopic (exact) mass is 952 g/mol. The van der Waals surface area contributed by atoms with Crippen LogP contribution in [0.3, 0.4) is 0 Å². The fourth-order valence-corrected chi connectivity index (χ4v) is 17.3. The number of halogens is 2. The zero-order chi connectivity index (χ0) is 48.1. The standard InChI is InChI=1S/C51H62F2N6O8Si/c1-8-39-42(52)16-11-34-25-38(67-68(31(2)3,32(4)5)33(6)7)26-40(43(34)39)45-44(53)46-41(27-54-45)47(57-22-10-19-51(29-57)21-24-65-51)56-48(55-46)64-30-50-18-9-23-58(50)36(17-20-50)28-63-49(60)66-37-14-12-35(13-15-37)59(61)62/h11-16,25-27,31-33,36H,8-10,17-24,28-30H2,1-7H3/t36-,50-,51-/m1/s1. The van der Waals surface area contributed by atoms with E-state index in [9.17, 15) is 14.9 Å². The molecule has 3 atom stereocenters. The quantitative estimate of drug-likeness (QED) is 0.0322. The number of anilines is 1. The molecular weight excluding hydrogens is 891 g/mol. The average Bonchev–Trinajstić information content (AvgIpc) is 3.88. The molecule has 17 heteroatoms. The normalized spacial score (nSPS) is 21.8. The summed E-state index contributed by atoms with van der Waals surface area (Å²) in [5.41, 5.74) is 1.04. The Morgan fingerprint density at radius 1 is 0.956 bits per heavy atom. The molecule has 0 unspecified atom stereocenters. The lowest BCUT2D eigenvalue weighted by molar-refractivity contribution is -0.384. The lowest BCUT2D eigenvalue weighted by Gasteiger charge is -2.48. The van der Waals surface area contributed by atoms with Crippen molar-refractivity contribution < 1.29 is 41.9 Å². The number of hydrogen-bond donors (Lipinski definition) is 0. The number of rotatable bonds is 15. The SMILES string of the molecule is CCc1c(F)ccc2cc(O[Si](C(C)C)(C(C)C)C(C)C)cc(-c3ncc4c(N5CCC[C@@]6(CCO6)C5)nc(OC[C@]56CCCN5[C@@H](COC(=O)Oc5ccc([N+](=O)[O-])cc5)CC6)nc4c3F)c12. The highest BCUT2D eigenvalue weighted by Gasteiger charge is 2.51. The second-order valence-electron chi connectivity index (χ2n) is 20.1. The van der Waals surface area contributed by atoms with Crippen molar-refractivity contribution in [2.75, 3.05) is 44.4 Å². The van der Waals surface area contributed by atoms with Crippen LogP contribution in [0.15, 0.2) is 54.7 Å². The number of benzene rings is 3. The minimum absolute atomic E-state index is 0.0362. The van der Waals surface area contributed by atoms with Gasteiger partial charge < -0.3 is 28.3 Å². The van der Waals surface area contributed by atoms with Gasteiger partial charge in [0.1, 0.15) is 47.6 Å². The van der Waals surface area contributed by atoms with Gasteiger partial charge in [-0.1, -0.05) is 54.5 Å². The van der Waals surface area contributed by atoms with Crippen molar-refractivity contribution in [1.82, 2.24) is 19.9 Å². The van der Waals surface area contributed by atoms with Crippen LogP contribution in [-0.2, 0) is 15.9 Å². The number of non-ortho nitro benzene ring substituents is 1. The van der Waals surface area contributed by atoms with E-state index < -0.39 is 30.8 Å². The highest BCUT2D eigenvalue weighted by atomic mass is 28.4. The Morgan fingerprint density at radius 3 is 2.37 bits per heavy atom. The summed E-state index contributed by atoms with van der Waals surface area (Å²) in [7, 11) is -2.47. The molecule has 0 N–H and O–H groups in total. The number of nitro groups is 1. The number of hydrogen-bond acceptors (Lipinski definition) is 13. The summed E-state index contributed by atoms with van der Waals surface area (Å²) < 4.78 is 64.5. The molecular formula is C51H62F2N6O8Si. The Balaban J connectivity index is 1.06. The van der Waals surface area contributed by atoms with E-state index in [2.05, 4.69) is 51.3 Å². The molecule has 4 fully saturated rings. The fraction of sp³-hybridized carbons (Fsp3) is 0.529. The van der Waals surface area contributed by atoms with Gasteiger partial charge in [-0.25, -0.2) is 13.6 Å². The Bertz CT molecular complexity index is 2700. The molecule has 68 heavy (non-hydrogen) atoms. The first-order valence-corrected chi connectivity index (χ1v) is 26.4. The van der Waals surface area contributed by atoms with Crippen molar-refractivity contribution in [3.63, 3.8) is 0 Å². The topological polar surface area (TPSA) is 152 Å². The molecule has 6 heterocycles. The first-order valence-electron chi connectivity index (χ1n) is 24.3. The van der Waals surface area contributed by atoms with E-state index >= 15 is 8.78 Å². The van der Waals surface area contributed by atoms with Gasteiger partial charge in [-0.05, 0) is 115 Å². The largest absolute Gasteiger partial charge is 0.543 e. The molecule has 4 aliphatic heterocycles.